The largest absolute Gasteiger partial charge is 0.495 e. The Kier molecular flexibility index (Phi) is 6.68. The first kappa shape index (κ1) is 22.6. The summed E-state index contributed by atoms with van der Waals surface area (Å²) >= 11 is 2.80. The number of rotatable bonds is 7. The lowest BCUT2D eigenvalue weighted by molar-refractivity contribution is 0.102. The Morgan fingerprint density at radius 1 is 1.25 bits per heavy atom. The van der Waals surface area contributed by atoms with E-state index < -0.39 is 15.9 Å². The summed E-state index contributed by atoms with van der Waals surface area (Å²) < 4.78 is 34.7. The molecule has 0 radical (unpaired) electrons. The summed E-state index contributed by atoms with van der Waals surface area (Å²) in [6, 6.07) is 11.8. The van der Waals surface area contributed by atoms with E-state index in [4.69, 9.17) is 4.74 Å². The minimum atomic E-state index is -3.95. The van der Waals surface area contributed by atoms with E-state index in [1.807, 2.05) is 25.1 Å². The average Bonchev–Trinajstić information content (AvgIpc) is 3.25. The summed E-state index contributed by atoms with van der Waals surface area (Å²) in [5.41, 5.74) is 1.83. The molecule has 4 rings (SSSR count). The van der Waals surface area contributed by atoms with Crippen molar-refractivity contribution in [2.45, 2.75) is 29.0 Å². The van der Waals surface area contributed by atoms with Crippen LogP contribution in [-0.4, -0.2) is 43.9 Å². The number of amides is 1. The number of carbonyl (C=O) groups excluding carboxylic acids is 1. The number of carbonyl (C=O) groups is 1. The number of methoxy groups -OCH3 is 1. The number of hydrogen-bond acceptors (Lipinski definition) is 8. The molecule has 8 nitrogen and oxygen atoms in total. The molecule has 32 heavy (non-hydrogen) atoms. The maximum Gasteiger partial charge on any atom is 0.268 e. The van der Waals surface area contributed by atoms with E-state index in [-0.39, 0.29) is 16.2 Å². The molecule has 3 aromatic rings. The first-order valence-electron chi connectivity index (χ1n) is 10.0. The molecule has 11 heteroatoms. The fraction of sp³-hybridized carbons (Fsp3) is 0.286. The Morgan fingerprint density at radius 2 is 2.06 bits per heavy atom. The molecule has 1 aliphatic heterocycles. The number of fused-ring (bicyclic) bond motifs is 1. The van der Waals surface area contributed by atoms with Crippen LogP contribution in [0.4, 0.5) is 10.8 Å². The van der Waals surface area contributed by atoms with E-state index in [1.54, 1.807) is 6.07 Å². The monoisotopic (exact) mass is 490 g/mol. The van der Waals surface area contributed by atoms with Crippen molar-refractivity contribution in [1.82, 2.24) is 10.2 Å². The Labute approximate surface area is 195 Å². The summed E-state index contributed by atoms with van der Waals surface area (Å²) in [5.74, 6) is 0.566. The zero-order valence-corrected chi connectivity index (χ0v) is 20.0. The van der Waals surface area contributed by atoms with Gasteiger partial charge >= 0.3 is 0 Å². The SMILES string of the molecule is CCSc1nnc(NC(=O)c2ccc(OC)c(S(=O)(=O)N3CCCc4ccccc43)c2)s1. The van der Waals surface area contributed by atoms with Crippen molar-refractivity contribution in [3.63, 3.8) is 0 Å². The molecule has 0 bridgehead atoms. The quantitative estimate of drug-likeness (QED) is 0.394. The Morgan fingerprint density at radius 3 is 2.84 bits per heavy atom. The van der Waals surface area contributed by atoms with Crippen molar-refractivity contribution in [2.75, 3.05) is 29.0 Å². The molecule has 168 valence electrons. The van der Waals surface area contributed by atoms with E-state index in [9.17, 15) is 13.2 Å². The Hall–Kier alpha value is -2.63. The Balaban J connectivity index is 1.67. The molecular formula is C21H22N4O4S3. The number of aryl methyl sites for hydroxylation is 1. The van der Waals surface area contributed by atoms with Gasteiger partial charge in [-0.15, -0.1) is 10.2 Å². The number of nitrogens with zero attached hydrogens (tertiary/aromatic N) is 3. The van der Waals surface area contributed by atoms with Crippen molar-refractivity contribution in [1.29, 1.82) is 0 Å². The van der Waals surface area contributed by atoms with Crippen LogP contribution in [0.25, 0.3) is 0 Å². The van der Waals surface area contributed by atoms with Crippen molar-refractivity contribution in [2.24, 2.45) is 0 Å². The van der Waals surface area contributed by atoms with Gasteiger partial charge in [-0.25, -0.2) is 8.42 Å². The molecule has 0 fully saturated rings. The van der Waals surface area contributed by atoms with Crippen molar-refractivity contribution in [3.05, 3.63) is 53.6 Å². The van der Waals surface area contributed by atoms with Crippen molar-refractivity contribution in [3.8, 4) is 5.75 Å². The van der Waals surface area contributed by atoms with Gasteiger partial charge in [-0.3, -0.25) is 14.4 Å². The molecule has 1 amide bonds. The number of benzene rings is 2. The molecule has 0 saturated heterocycles. The first-order chi connectivity index (χ1) is 15.4. The third-order valence-electron chi connectivity index (χ3n) is 4.96. The third kappa shape index (κ3) is 4.45. The van der Waals surface area contributed by atoms with Gasteiger partial charge in [-0.05, 0) is 48.4 Å². The maximum atomic E-state index is 13.6. The van der Waals surface area contributed by atoms with Crippen LogP contribution >= 0.6 is 23.1 Å². The molecule has 0 aliphatic carbocycles. The van der Waals surface area contributed by atoms with Crippen LogP contribution in [0.3, 0.4) is 0 Å². The summed E-state index contributed by atoms with van der Waals surface area (Å²) in [4.78, 5) is 12.8. The number of anilines is 2. The number of aromatic nitrogens is 2. The standard InChI is InChI=1S/C21H22N4O4S3/c1-3-30-21-24-23-20(31-21)22-19(26)15-10-11-17(29-2)18(13-15)32(27,28)25-12-6-8-14-7-4-5-9-16(14)25/h4-5,7,9-11,13H,3,6,8,12H2,1-2H3,(H,22,23,26). The van der Waals surface area contributed by atoms with Crippen LogP contribution in [0.5, 0.6) is 5.75 Å². The molecule has 1 aliphatic rings. The summed E-state index contributed by atoms with van der Waals surface area (Å²) in [5, 5.41) is 11.0. The zero-order chi connectivity index (χ0) is 22.7. The second kappa shape index (κ2) is 9.47. The van der Waals surface area contributed by atoms with Crippen LogP contribution in [0, 0.1) is 0 Å². The van der Waals surface area contributed by atoms with Crippen LogP contribution < -0.4 is 14.4 Å². The smallest absolute Gasteiger partial charge is 0.268 e. The third-order valence-corrected chi connectivity index (χ3v) is 8.64. The van der Waals surface area contributed by atoms with E-state index in [0.717, 1.165) is 22.1 Å². The fourth-order valence-electron chi connectivity index (χ4n) is 3.50. The summed E-state index contributed by atoms with van der Waals surface area (Å²) in [6.45, 7) is 2.37. The van der Waals surface area contributed by atoms with Gasteiger partial charge in [-0.1, -0.05) is 48.2 Å². The highest BCUT2D eigenvalue weighted by atomic mass is 32.2. The molecule has 1 aromatic heterocycles. The average molecular weight is 491 g/mol. The second-order valence-corrected chi connectivity index (χ2v) is 11.3. The molecule has 0 saturated carbocycles. The highest BCUT2D eigenvalue weighted by Crippen LogP contribution is 2.35. The lowest BCUT2D eigenvalue weighted by Crippen LogP contribution is -2.35. The molecule has 2 aromatic carbocycles. The van der Waals surface area contributed by atoms with Crippen molar-refractivity contribution >= 4 is 49.8 Å². The zero-order valence-electron chi connectivity index (χ0n) is 17.6. The first-order valence-corrected chi connectivity index (χ1v) is 13.2. The molecule has 0 spiro atoms. The molecule has 1 N–H and O–H groups in total. The molecule has 0 atom stereocenters. The highest BCUT2D eigenvalue weighted by Gasteiger charge is 2.32. The van der Waals surface area contributed by atoms with Gasteiger partial charge < -0.3 is 4.74 Å². The number of hydrogen-bond donors (Lipinski definition) is 1. The molecule has 2 heterocycles. The minimum Gasteiger partial charge on any atom is -0.495 e. The van der Waals surface area contributed by atoms with Crippen LogP contribution in [0.2, 0.25) is 0 Å². The van der Waals surface area contributed by atoms with Crippen LogP contribution in [0.1, 0.15) is 29.3 Å². The van der Waals surface area contributed by atoms with Crippen molar-refractivity contribution < 1.29 is 17.9 Å². The van der Waals surface area contributed by atoms with Gasteiger partial charge in [0.2, 0.25) is 5.13 Å². The Bertz CT molecular complexity index is 1240. The topological polar surface area (TPSA) is 101 Å². The van der Waals surface area contributed by atoms with Gasteiger partial charge in [0.05, 0.1) is 12.8 Å². The van der Waals surface area contributed by atoms with Gasteiger partial charge in [0.25, 0.3) is 15.9 Å². The number of thioether (sulfide) groups is 1. The number of para-hydroxylation sites is 1. The maximum absolute atomic E-state index is 13.6. The molecular weight excluding hydrogens is 468 g/mol. The van der Waals surface area contributed by atoms with E-state index in [0.29, 0.717) is 23.8 Å². The number of nitrogens with one attached hydrogen (secondary N) is 1. The summed E-state index contributed by atoms with van der Waals surface area (Å²) in [7, 11) is -2.54. The predicted molar refractivity (Wildman–Crippen MR) is 127 cm³/mol. The highest BCUT2D eigenvalue weighted by molar-refractivity contribution is 8.01. The minimum absolute atomic E-state index is 0.0520. The second-order valence-electron chi connectivity index (χ2n) is 6.94. The lowest BCUT2D eigenvalue weighted by atomic mass is 10.0. The van der Waals surface area contributed by atoms with E-state index >= 15 is 0 Å². The van der Waals surface area contributed by atoms with Gasteiger partial charge in [0.1, 0.15) is 10.6 Å². The van der Waals surface area contributed by atoms with Crippen LogP contribution in [0.15, 0.2) is 51.7 Å². The van der Waals surface area contributed by atoms with Gasteiger partial charge in [0.15, 0.2) is 4.34 Å². The van der Waals surface area contributed by atoms with Gasteiger partial charge in [0, 0.05) is 12.1 Å². The fourth-order valence-corrected chi connectivity index (χ4v) is 6.87. The van der Waals surface area contributed by atoms with E-state index in [2.05, 4.69) is 15.5 Å². The summed E-state index contributed by atoms with van der Waals surface area (Å²) in [6.07, 6.45) is 1.54. The normalized spacial score (nSPS) is 13.5. The number of ether oxygens (including phenoxy) is 1. The van der Waals surface area contributed by atoms with Crippen LogP contribution in [-0.2, 0) is 16.4 Å². The van der Waals surface area contributed by atoms with Gasteiger partial charge in [-0.2, -0.15) is 0 Å². The van der Waals surface area contributed by atoms with E-state index in [1.165, 1.54) is 52.7 Å². The number of sulfonamides is 1. The molecule has 0 unspecified atom stereocenters. The predicted octanol–water partition coefficient (Wildman–Crippen LogP) is 4.05. The lowest BCUT2D eigenvalue weighted by Gasteiger charge is -2.31.